The van der Waals surface area contributed by atoms with Gasteiger partial charge in [0.05, 0.1) is 0 Å². The van der Waals surface area contributed by atoms with Crippen molar-refractivity contribution in [2.45, 2.75) is 0 Å². The van der Waals surface area contributed by atoms with E-state index in [1.165, 1.54) is 0 Å². The van der Waals surface area contributed by atoms with Gasteiger partial charge in [0, 0.05) is 0 Å². The Labute approximate surface area is 99.3 Å². The SMILES string of the molecule is NC(=O)N(N)c1nc(Cl)nc(N(N)C(N)=O)n1. The van der Waals surface area contributed by atoms with E-state index in [1.54, 1.807) is 0 Å². The molecule has 0 fully saturated rings. The molecule has 4 amide bonds. The Balaban J connectivity index is 3.19. The zero-order chi connectivity index (χ0) is 13.2. The molecule has 0 unspecified atom stereocenters. The number of halogens is 1. The summed E-state index contributed by atoms with van der Waals surface area (Å²) in [5.74, 6) is 9.68. The summed E-state index contributed by atoms with van der Waals surface area (Å²) in [4.78, 5) is 32.1. The van der Waals surface area contributed by atoms with Crippen molar-refractivity contribution in [3.8, 4) is 0 Å². The number of urea groups is 2. The summed E-state index contributed by atoms with van der Waals surface area (Å²) in [6, 6.07) is -2.08. The summed E-state index contributed by atoms with van der Waals surface area (Å²) in [5.41, 5.74) is 9.77. The summed E-state index contributed by atoms with van der Waals surface area (Å²) >= 11 is 5.52. The van der Waals surface area contributed by atoms with Crippen LogP contribution in [0.5, 0.6) is 0 Å². The Kier molecular flexibility index (Phi) is 3.57. The van der Waals surface area contributed by atoms with Crippen molar-refractivity contribution >= 4 is 35.6 Å². The second-order valence-corrected chi connectivity index (χ2v) is 2.96. The molecule has 1 rings (SSSR count). The van der Waals surface area contributed by atoms with E-state index in [9.17, 15) is 9.59 Å². The smallest absolute Gasteiger partial charge is 0.336 e. The van der Waals surface area contributed by atoms with Gasteiger partial charge < -0.3 is 11.5 Å². The number of aromatic nitrogens is 3. The van der Waals surface area contributed by atoms with Crippen molar-refractivity contribution in [1.82, 2.24) is 15.0 Å². The van der Waals surface area contributed by atoms with Crippen LogP contribution >= 0.6 is 11.6 Å². The van der Waals surface area contributed by atoms with Crippen LogP contribution in [0.2, 0.25) is 5.28 Å². The Hall–Kier alpha value is -2.24. The van der Waals surface area contributed by atoms with E-state index >= 15 is 0 Å². The van der Waals surface area contributed by atoms with Crippen molar-refractivity contribution in [2.24, 2.45) is 23.2 Å². The van der Waals surface area contributed by atoms with E-state index in [4.69, 9.17) is 34.8 Å². The fourth-order valence-electron chi connectivity index (χ4n) is 0.742. The van der Waals surface area contributed by atoms with Gasteiger partial charge >= 0.3 is 12.1 Å². The third-order valence-corrected chi connectivity index (χ3v) is 1.66. The molecule has 0 aliphatic rings. The number of hydrogen-bond acceptors (Lipinski definition) is 7. The van der Waals surface area contributed by atoms with Crippen LogP contribution in [0.1, 0.15) is 0 Å². The maximum absolute atomic E-state index is 10.8. The van der Waals surface area contributed by atoms with Crippen LogP contribution in [-0.4, -0.2) is 27.0 Å². The molecule has 92 valence electrons. The predicted octanol–water partition coefficient (Wildman–Crippen LogP) is -1.96. The van der Waals surface area contributed by atoms with Crippen molar-refractivity contribution in [2.75, 3.05) is 10.0 Å². The number of rotatable bonds is 2. The molecule has 12 heteroatoms. The monoisotopic (exact) mass is 261 g/mol. The second kappa shape index (κ2) is 4.73. The number of hydrazine groups is 2. The van der Waals surface area contributed by atoms with E-state index in [-0.39, 0.29) is 17.2 Å². The lowest BCUT2D eigenvalue weighted by atomic mass is 10.7. The highest BCUT2D eigenvalue weighted by Gasteiger charge is 2.18. The van der Waals surface area contributed by atoms with Gasteiger partial charge in [-0.05, 0) is 11.6 Å². The largest absolute Gasteiger partial charge is 0.350 e. The summed E-state index contributed by atoms with van der Waals surface area (Å²) in [6.07, 6.45) is 0. The number of hydrogen-bond donors (Lipinski definition) is 4. The molecule has 0 atom stereocenters. The number of nitrogens with two attached hydrogens (primary N) is 4. The first-order valence-electron chi connectivity index (χ1n) is 3.93. The summed E-state index contributed by atoms with van der Waals surface area (Å²) in [7, 11) is 0. The average molecular weight is 262 g/mol. The topological polar surface area (TPSA) is 183 Å². The number of nitrogens with zero attached hydrogens (tertiary/aromatic N) is 5. The zero-order valence-corrected chi connectivity index (χ0v) is 9.00. The minimum atomic E-state index is -1.04. The van der Waals surface area contributed by atoms with Gasteiger partial charge in [-0.25, -0.2) is 21.3 Å². The third kappa shape index (κ3) is 2.87. The molecule has 0 aromatic carbocycles. The molecule has 8 N–H and O–H groups in total. The van der Waals surface area contributed by atoms with Crippen LogP contribution in [0.25, 0.3) is 0 Å². The van der Waals surface area contributed by atoms with Crippen LogP contribution in [-0.2, 0) is 0 Å². The van der Waals surface area contributed by atoms with Crippen molar-refractivity contribution in [3.05, 3.63) is 5.28 Å². The first kappa shape index (κ1) is 12.8. The van der Waals surface area contributed by atoms with Crippen LogP contribution in [0.3, 0.4) is 0 Å². The highest BCUT2D eigenvalue weighted by molar-refractivity contribution is 6.28. The fourth-order valence-corrected chi connectivity index (χ4v) is 0.893. The Morgan fingerprint density at radius 2 is 1.29 bits per heavy atom. The van der Waals surface area contributed by atoms with Gasteiger partial charge in [0.1, 0.15) is 0 Å². The summed E-state index contributed by atoms with van der Waals surface area (Å²) in [5, 5.41) is 0.441. The molecule has 0 aliphatic heterocycles. The zero-order valence-electron chi connectivity index (χ0n) is 8.24. The van der Waals surface area contributed by atoms with E-state index in [2.05, 4.69) is 15.0 Å². The molecule has 11 nitrogen and oxygen atoms in total. The Bertz CT molecular complexity index is 426. The molecule has 17 heavy (non-hydrogen) atoms. The standard InChI is InChI=1S/C5H8ClN9O2/c6-1-11-4(14(9)2(7)16)13-5(12-1)15(10)3(8)17/h9-10H2,(H2,7,16)(H2,8,17). The third-order valence-electron chi connectivity index (χ3n) is 1.49. The van der Waals surface area contributed by atoms with E-state index in [0.29, 0.717) is 10.0 Å². The van der Waals surface area contributed by atoms with Gasteiger partial charge in [-0.3, -0.25) is 0 Å². The van der Waals surface area contributed by atoms with Gasteiger partial charge in [0.15, 0.2) is 0 Å². The molecule has 0 saturated heterocycles. The van der Waals surface area contributed by atoms with Crippen molar-refractivity contribution in [1.29, 1.82) is 0 Å². The molecule has 0 aliphatic carbocycles. The minimum absolute atomic E-state index is 0.349. The first-order valence-corrected chi connectivity index (χ1v) is 4.31. The van der Waals surface area contributed by atoms with Gasteiger partial charge in [-0.15, -0.1) is 0 Å². The highest BCUT2D eigenvalue weighted by Crippen LogP contribution is 2.13. The normalized spacial score (nSPS) is 9.82. The van der Waals surface area contributed by atoms with Crippen molar-refractivity contribution < 1.29 is 9.59 Å². The molecule has 0 radical (unpaired) electrons. The van der Waals surface area contributed by atoms with Crippen LogP contribution < -0.4 is 33.2 Å². The molecule has 0 spiro atoms. The number of primary amides is 2. The second-order valence-electron chi connectivity index (χ2n) is 2.62. The summed E-state index contributed by atoms with van der Waals surface area (Å²) < 4.78 is 0. The van der Waals surface area contributed by atoms with E-state index in [0.717, 1.165) is 0 Å². The molecule has 0 bridgehead atoms. The lowest BCUT2D eigenvalue weighted by Crippen LogP contribution is -2.45. The van der Waals surface area contributed by atoms with Crippen LogP contribution in [0.4, 0.5) is 21.5 Å². The van der Waals surface area contributed by atoms with Gasteiger partial charge in [0.25, 0.3) is 11.9 Å². The Morgan fingerprint density at radius 3 is 1.59 bits per heavy atom. The Morgan fingerprint density at radius 1 is 0.941 bits per heavy atom. The molecule has 0 saturated carbocycles. The van der Waals surface area contributed by atoms with Gasteiger partial charge in [-0.1, -0.05) is 0 Å². The minimum Gasteiger partial charge on any atom is -0.350 e. The highest BCUT2D eigenvalue weighted by atomic mass is 35.5. The quantitative estimate of drug-likeness (QED) is 0.270. The van der Waals surface area contributed by atoms with Crippen LogP contribution in [0, 0.1) is 0 Å². The number of anilines is 2. The average Bonchev–Trinajstić information content (AvgIpc) is 2.25. The summed E-state index contributed by atoms with van der Waals surface area (Å²) in [6.45, 7) is 0. The maximum atomic E-state index is 10.8. The molecule has 1 aromatic rings. The molecule has 1 heterocycles. The van der Waals surface area contributed by atoms with Gasteiger partial charge in [0.2, 0.25) is 5.28 Å². The van der Waals surface area contributed by atoms with Gasteiger partial charge in [-0.2, -0.15) is 25.0 Å². The van der Waals surface area contributed by atoms with E-state index < -0.39 is 12.1 Å². The van der Waals surface area contributed by atoms with E-state index in [1.807, 2.05) is 0 Å². The van der Waals surface area contributed by atoms with Crippen LogP contribution in [0.15, 0.2) is 0 Å². The lowest BCUT2D eigenvalue weighted by molar-refractivity contribution is 0.253. The predicted molar refractivity (Wildman–Crippen MR) is 57.3 cm³/mol. The van der Waals surface area contributed by atoms with Crippen molar-refractivity contribution in [3.63, 3.8) is 0 Å². The molecule has 1 aromatic heterocycles. The number of carbonyl (C=O) groups is 2. The number of carbonyl (C=O) groups excluding carboxylic acids is 2. The fraction of sp³-hybridized carbons (Fsp3) is 0. The maximum Gasteiger partial charge on any atom is 0.336 e. The first-order chi connectivity index (χ1) is 7.82. The molecular formula is C5H8ClN9O2. The lowest BCUT2D eigenvalue weighted by Gasteiger charge is -2.15. The molecular weight excluding hydrogens is 254 g/mol. The number of amides is 4.